The first kappa shape index (κ1) is 12.6. The van der Waals surface area contributed by atoms with E-state index in [1.165, 1.54) is 0 Å². The van der Waals surface area contributed by atoms with Crippen LogP contribution in [0.3, 0.4) is 0 Å². The molecule has 2 amide bonds. The lowest BCUT2D eigenvalue weighted by Crippen LogP contribution is -2.43. The summed E-state index contributed by atoms with van der Waals surface area (Å²) in [5, 5.41) is 2.65. The number of aromatic nitrogens is 1. The Kier molecular flexibility index (Phi) is 3.36. The fourth-order valence-corrected chi connectivity index (χ4v) is 2.04. The van der Waals surface area contributed by atoms with E-state index in [1.807, 2.05) is 6.92 Å². The van der Waals surface area contributed by atoms with Crippen molar-refractivity contribution in [2.75, 3.05) is 6.54 Å². The van der Waals surface area contributed by atoms with E-state index in [-0.39, 0.29) is 17.9 Å². The summed E-state index contributed by atoms with van der Waals surface area (Å²) in [4.78, 5) is 29.3. The van der Waals surface area contributed by atoms with E-state index in [0.29, 0.717) is 24.6 Å². The monoisotopic (exact) mass is 251 g/mol. The summed E-state index contributed by atoms with van der Waals surface area (Å²) in [6.45, 7) is 5.73. The molecule has 0 spiro atoms. The average molecular weight is 251 g/mol. The van der Waals surface area contributed by atoms with Gasteiger partial charge in [0.1, 0.15) is 17.8 Å². The summed E-state index contributed by atoms with van der Waals surface area (Å²) in [7, 11) is 0. The SMILES string of the molecule is Cc1cnc(C(C)N2CCC(=O)NC(C)C2=O)o1. The number of carbonyl (C=O) groups is 2. The third-order valence-electron chi connectivity index (χ3n) is 3.07. The molecule has 98 valence electrons. The summed E-state index contributed by atoms with van der Waals surface area (Å²) < 4.78 is 5.44. The zero-order valence-corrected chi connectivity index (χ0v) is 10.8. The summed E-state index contributed by atoms with van der Waals surface area (Å²) in [5.41, 5.74) is 0. The van der Waals surface area contributed by atoms with Gasteiger partial charge in [-0.1, -0.05) is 0 Å². The molecule has 0 aliphatic carbocycles. The highest BCUT2D eigenvalue weighted by atomic mass is 16.4. The lowest BCUT2D eigenvalue weighted by molar-refractivity contribution is -0.135. The number of nitrogens with zero attached hydrogens (tertiary/aromatic N) is 2. The van der Waals surface area contributed by atoms with E-state index in [9.17, 15) is 9.59 Å². The molecule has 6 nitrogen and oxygen atoms in total. The highest BCUT2D eigenvalue weighted by molar-refractivity contribution is 5.89. The molecular weight excluding hydrogens is 234 g/mol. The van der Waals surface area contributed by atoms with Crippen LogP contribution in [-0.4, -0.2) is 34.3 Å². The molecule has 1 fully saturated rings. The molecule has 0 radical (unpaired) electrons. The molecule has 6 heteroatoms. The van der Waals surface area contributed by atoms with Gasteiger partial charge in [0, 0.05) is 13.0 Å². The van der Waals surface area contributed by atoms with E-state index in [1.54, 1.807) is 24.9 Å². The normalized spacial score (nSPS) is 22.6. The van der Waals surface area contributed by atoms with Crippen LogP contribution >= 0.6 is 0 Å². The minimum atomic E-state index is -0.501. The maximum atomic E-state index is 12.2. The van der Waals surface area contributed by atoms with Crippen molar-refractivity contribution >= 4 is 11.8 Å². The molecule has 1 aliphatic rings. The fourth-order valence-electron chi connectivity index (χ4n) is 2.04. The van der Waals surface area contributed by atoms with Gasteiger partial charge in [0.2, 0.25) is 17.7 Å². The van der Waals surface area contributed by atoms with Gasteiger partial charge in [-0.05, 0) is 20.8 Å². The first-order chi connectivity index (χ1) is 8.49. The van der Waals surface area contributed by atoms with Gasteiger partial charge < -0.3 is 14.6 Å². The van der Waals surface area contributed by atoms with Crippen molar-refractivity contribution in [2.45, 2.75) is 39.3 Å². The topological polar surface area (TPSA) is 75.4 Å². The van der Waals surface area contributed by atoms with Crippen LogP contribution in [0.25, 0.3) is 0 Å². The largest absolute Gasteiger partial charge is 0.444 e. The molecule has 2 atom stereocenters. The Balaban J connectivity index is 2.20. The van der Waals surface area contributed by atoms with Crippen molar-refractivity contribution in [3.63, 3.8) is 0 Å². The molecule has 2 rings (SSSR count). The number of oxazole rings is 1. The van der Waals surface area contributed by atoms with Crippen molar-refractivity contribution in [3.8, 4) is 0 Å². The Bertz CT molecular complexity index is 469. The van der Waals surface area contributed by atoms with Crippen LogP contribution in [0.2, 0.25) is 0 Å². The fraction of sp³-hybridized carbons (Fsp3) is 0.583. The zero-order valence-electron chi connectivity index (χ0n) is 10.8. The van der Waals surface area contributed by atoms with Gasteiger partial charge in [0.15, 0.2) is 0 Å². The number of nitrogens with one attached hydrogen (secondary N) is 1. The van der Waals surface area contributed by atoms with Crippen molar-refractivity contribution in [1.82, 2.24) is 15.2 Å². The second-order valence-corrected chi connectivity index (χ2v) is 4.56. The molecule has 0 saturated carbocycles. The highest BCUT2D eigenvalue weighted by Gasteiger charge is 2.31. The van der Waals surface area contributed by atoms with Crippen molar-refractivity contribution in [1.29, 1.82) is 0 Å². The summed E-state index contributed by atoms with van der Waals surface area (Å²) >= 11 is 0. The molecule has 18 heavy (non-hydrogen) atoms. The predicted molar refractivity (Wildman–Crippen MR) is 63.6 cm³/mol. The molecule has 1 saturated heterocycles. The smallest absolute Gasteiger partial charge is 0.245 e. The summed E-state index contributed by atoms with van der Waals surface area (Å²) in [6, 6.07) is -0.764. The van der Waals surface area contributed by atoms with Crippen LogP contribution < -0.4 is 5.32 Å². The van der Waals surface area contributed by atoms with E-state index < -0.39 is 6.04 Å². The minimum absolute atomic E-state index is 0.103. The van der Waals surface area contributed by atoms with Crippen LogP contribution in [0.1, 0.15) is 38.0 Å². The number of rotatable bonds is 2. The Morgan fingerprint density at radius 2 is 2.28 bits per heavy atom. The summed E-state index contributed by atoms with van der Waals surface area (Å²) in [6.07, 6.45) is 1.93. The molecule has 1 aromatic heterocycles. The quantitative estimate of drug-likeness (QED) is 0.842. The van der Waals surface area contributed by atoms with Crippen molar-refractivity contribution in [2.24, 2.45) is 0 Å². The molecule has 1 aliphatic heterocycles. The van der Waals surface area contributed by atoms with Gasteiger partial charge in [0.05, 0.1) is 6.20 Å². The Hall–Kier alpha value is -1.85. The van der Waals surface area contributed by atoms with Crippen LogP contribution in [0.15, 0.2) is 10.6 Å². The Morgan fingerprint density at radius 1 is 1.56 bits per heavy atom. The molecule has 2 unspecified atom stereocenters. The lowest BCUT2D eigenvalue weighted by Gasteiger charge is -2.26. The number of amides is 2. The van der Waals surface area contributed by atoms with Crippen molar-refractivity contribution in [3.05, 3.63) is 17.8 Å². The maximum Gasteiger partial charge on any atom is 0.245 e. The molecule has 2 heterocycles. The third kappa shape index (κ3) is 2.37. The predicted octanol–water partition coefficient (Wildman–Crippen LogP) is 0.781. The molecular formula is C12H17N3O3. The van der Waals surface area contributed by atoms with E-state index in [2.05, 4.69) is 10.3 Å². The van der Waals surface area contributed by atoms with Gasteiger partial charge in [-0.3, -0.25) is 9.59 Å². The Labute approximate surface area is 105 Å². The number of hydrogen-bond acceptors (Lipinski definition) is 4. The van der Waals surface area contributed by atoms with E-state index >= 15 is 0 Å². The van der Waals surface area contributed by atoms with Gasteiger partial charge in [-0.25, -0.2) is 4.98 Å². The van der Waals surface area contributed by atoms with Gasteiger partial charge >= 0.3 is 0 Å². The molecule has 0 aromatic carbocycles. The van der Waals surface area contributed by atoms with Crippen LogP contribution in [-0.2, 0) is 9.59 Å². The lowest BCUT2D eigenvalue weighted by atomic mass is 10.2. The number of hydrogen-bond donors (Lipinski definition) is 1. The maximum absolute atomic E-state index is 12.2. The Morgan fingerprint density at radius 3 is 2.89 bits per heavy atom. The van der Waals surface area contributed by atoms with Gasteiger partial charge in [-0.2, -0.15) is 0 Å². The molecule has 0 bridgehead atoms. The number of carbonyl (C=O) groups excluding carboxylic acids is 2. The zero-order chi connectivity index (χ0) is 13.3. The van der Waals surface area contributed by atoms with Gasteiger partial charge in [0.25, 0.3) is 0 Å². The highest BCUT2D eigenvalue weighted by Crippen LogP contribution is 2.22. The second-order valence-electron chi connectivity index (χ2n) is 4.56. The van der Waals surface area contributed by atoms with E-state index in [4.69, 9.17) is 4.42 Å². The minimum Gasteiger partial charge on any atom is -0.444 e. The van der Waals surface area contributed by atoms with Crippen LogP contribution in [0.5, 0.6) is 0 Å². The summed E-state index contributed by atoms with van der Waals surface area (Å²) in [5.74, 6) is 1.00. The first-order valence-corrected chi connectivity index (χ1v) is 6.01. The van der Waals surface area contributed by atoms with Crippen LogP contribution in [0, 0.1) is 6.92 Å². The third-order valence-corrected chi connectivity index (χ3v) is 3.07. The first-order valence-electron chi connectivity index (χ1n) is 6.01. The van der Waals surface area contributed by atoms with Crippen molar-refractivity contribution < 1.29 is 14.0 Å². The standard InChI is InChI=1S/C12H17N3O3/c1-7-6-13-11(18-7)9(3)15-5-4-10(16)14-8(2)12(15)17/h6,8-9H,4-5H2,1-3H3,(H,14,16). The van der Waals surface area contributed by atoms with E-state index in [0.717, 1.165) is 0 Å². The van der Waals surface area contributed by atoms with Gasteiger partial charge in [-0.15, -0.1) is 0 Å². The number of aryl methyl sites for hydroxylation is 1. The second kappa shape index (κ2) is 4.80. The average Bonchev–Trinajstić information content (AvgIpc) is 2.70. The molecule has 1 N–H and O–H groups in total. The molecule has 1 aromatic rings. The van der Waals surface area contributed by atoms with Crippen LogP contribution in [0.4, 0.5) is 0 Å².